The van der Waals surface area contributed by atoms with Crippen molar-refractivity contribution in [3.63, 3.8) is 0 Å². The summed E-state index contributed by atoms with van der Waals surface area (Å²) in [5.41, 5.74) is 0. The Bertz CT molecular complexity index is 533. The van der Waals surface area contributed by atoms with Gasteiger partial charge in [0.15, 0.2) is 0 Å². The van der Waals surface area contributed by atoms with Crippen molar-refractivity contribution in [2.45, 2.75) is 142 Å². The fourth-order valence-electron chi connectivity index (χ4n) is 5.19. The SMILES string of the molecule is CC=COCCCC(CCCCCCCC)C(OC)(OC)OC.CCCCCCCCC(OC)C(OC)(OC)OC. The molecule has 0 aliphatic heterocycles. The maximum absolute atomic E-state index is 5.57. The highest BCUT2D eigenvalue weighted by Gasteiger charge is 2.40. The molecule has 0 radical (unpaired) electrons. The molecule has 0 aliphatic rings. The lowest BCUT2D eigenvalue weighted by atomic mass is 9.93. The lowest BCUT2D eigenvalue weighted by Crippen LogP contribution is -2.48. The Balaban J connectivity index is 0. The van der Waals surface area contributed by atoms with E-state index in [9.17, 15) is 0 Å². The van der Waals surface area contributed by atoms with Crippen molar-refractivity contribution in [3.05, 3.63) is 12.3 Å². The summed E-state index contributed by atoms with van der Waals surface area (Å²) in [5.74, 6) is -1.81. The Kier molecular flexibility index (Phi) is 30.3. The van der Waals surface area contributed by atoms with E-state index in [1.165, 1.54) is 70.6 Å². The van der Waals surface area contributed by atoms with Crippen molar-refractivity contribution in [2.75, 3.05) is 56.4 Å². The molecule has 0 saturated carbocycles. The topological polar surface area (TPSA) is 73.8 Å². The number of ether oxygens (including phenoxy) is 8. The van der Waals surface area contributed by atoms with Crippen LogP contribution < -0.4 is 0 Å². The second-order valence-corrected chi connectivity index (χ2v) is 10.4. The summed E-state index contributed by atoms with van der Waals surface area (Å²) < 4.78 is 43.5. The van der Waals surface area contributed by atoms with Crippen molar-refractivity contribution in [3.8, 4) is 0 Å². The van der Waals surface area contributed by atoms with E-state index in [0.29, 0.717) is 6.61 Å². The van der Waals surface area contributed by atoms with Gasteiger partial charge in [0.05, 0.1) is 12.9 Å². The third-order valence-electron chi connectivity index (χ3n) is 7.66. The maximum atomic E-state index is 5.57. The van der Waals surface area contributed by atoms with Gasteiger partial charge in [0.2, 0.25) is 0 Å². The number of allylic oxidation sites excluding steroid dienone is 1. The Hall–Kier alpha value is -0.740. The fourth-order valence-corrected chi connectivity index (χ4v) is 5.19. The first-order valence-corrected chi connectivity index (χ1v) is 16.0. The van der Waals surface area contributed by atoms with Gasteiger partial charge in [-0.15, -0.1) is 0 Å². The van der Waals surface area contributed by atoms with Crippen LogP contribution in [-0.2, 0) is 37.9 Å². The molecule has 0 aliphatic carbocycles. The van der Waals surface area contributed by atoms with Crippen molar-refractivity contribution >= 4 is 0 Å². The molecule has 41 heavy (non-hydrogen) atoms. The van der Waals surface area contributed by atoms with Crippen molar-refractivity contribution < 1.29 is 37.9 Å². The highest BCUT2D eigenvalue weighted by molar-refractivity contribution is 4.73. The smallest absolute Gasteiger partial charge is 0.310 e. The molecular formula is C33H68O8. The van der Waals surface area contributed by atoms with Crippen LogP contribution in [0.25, 0.3) is 0 Å². The highest BCUT2D eigenvalue weighted by atomic mass is 16.9. The van der Waals surface area contributed by atoms with E-state index in [-0.39, 0.29) is 12.0 Å². The molecule has 0 aromatic carbocycles. The molecule has 0 rings (SSSR count). The predicted octanol–water partition coefficient (Wildman–Crippen LogP) is 8.62. The van der Waals surface area contributed by atoms with E-state index in [1.54, 1.807) is 56.0 Å². The summed E-state index contributed by atoms with van der Waals surface area (Å²) in [4.78, 5) is 0. The lowest BCUT2D eigenvalue weighted by molar-refractivity contribution is -0.392. The van der Waals surface area contributed by atoms with Crippen molar-refractivity contribution in [1.29, 1.82) is 0 Å². The maximum Gasteiger partial charge on any atom is 0.310 e. The first-order valence-electron chi connectivity index (χ1n) is 16.0. The molecule has 0 heterocycles. The zero-order chi connectivity index (χ0) is 31.2. The number of hydrogen-bond acceptors (Lipinski definition) is 8. The standard InChI is InChI=1S/C19H38O4.C14H30O4/c1-6-8-9-10-11-12-14-18(15-13-17-23-16-7-2)19(20-3,21-4)22-5;1-6-7-8-9-10-11-12-13(15-2)14(16-3,17-4)18-5/h7,16,18H,6,8-15,17H2,1-5H3;13H,6-12H2,1-5H3. The van der Waals surface area contributed by atoms with Crippen LogP contribution in [0, 0.1) is 5.92 Å². The van der Waals surface area contributed by atoms with E-state index in [4.69, 9.17) is 37.9 Å². The minimum atomic E-state index is -1.09. The van der Waals surface area contributed by atoms with Crippen LogP contribution in [0.5, 0.6) is 0 Å². The van der Waals surface area contributed by atoms with Gasteiger partial charge in [-0.25, -0.2) is 0 Å². The minimum absolute atomic E-state index is 0.205. The summed E-state index contributed by atoms with van der Waals surface area (Å²) in [5, 5.41) is 0. The van der Waals surface area contributed by atoms with E-state index >= 15 is 0 Å². The molecule has 8 nitrogen and oxygen atoms in total. The van der Waals surface area contributed by atoms with Crippen molar-refractivity contribution in [1.82, 2.24) is 0 Å². The van der Waals surface area contributed by atoms with Crippen LogP contribution in [0.15, 0.2) is 12.3 Å². The predicted molar refractivity (Wildman–Crippen MR) is 168 cm³/mol. The van der Waals surface area contributed by atoms with Gasteiger partial charge in [0.1, 0.15) is 6.10 Å². The van der Waals surface area contributed by atoms with Gasteiger partial charge < -0.3 is 37.9 Å². The van der Waals surface area contributed by atoms with E-state index in [1.807, 2.05) is 13.0 Å². The third-order valence-corrected chi connectivity index (χ3v) is 7.66. The molecule has 0 aromatic rings. The molecule has 0 bridgehead atoms. The van der Waals surface area contributed by atoms with Gasteiger partial charge in [0.25, 0.3) is 5.97 Å². The second-order valence-electron chi connectivity index (χ2n) is 10.4. The van der Waals surface area contributed by atoms with Crippen LogP contribution in [0.2, 0.25) is 0 Å². The largest absolute Gasteiger partial charge is 0.502 e. The summed E-state index contributed by atoms with van der Waals surface area (Å²) in [7, 11) is 11.3. The fraction of sp³-hybridized carbons (Fsp3) is 0.939. The van der Waals surface area contributed by atoms with Crippen molar-refractivity contribution in [2.24, 2.45) is 5.92 Å². The third kappa shape index (κ3) is 18.5. The molecule has 8 heteroatoms. The molecule has 0 amide bonds. The Morgan fingerprint density at radius 3 is 1.34 bits per heavy atom. The van der Waals surface area contributed by atoms with E-state index in [0.717, 1.165) is 32.1 Å². The van der Waals surface area contributed by atoms with Gasteiger partial charge in [-0.3, -0.25) is 0 Å². The summed E-state index contributed by atoms with van der Waals surface area (Å²) in [6, 6.07) is 0. The average molecular weight is 593 g/mol. The molecule has 248 valence electrons. The van der Waals surface area contributed by atoms with Crippen LogP contribution in [0.4, 0.5) is 0 Å². The quantitative estimate of drug-likeness (QED) is 0.0508. The van der Waals surface area contributed by atoms with Crippen LogP contribution in [0.3, 0.4) is 0 Å². The molecule has 2 atom stereocenters. The molecule has 2 unspecified atom stereocenters. The Labute approximate surface area is 254 Å². The first kappa shape index (κ1) is 42.4. The second kappa shape index (κ2) is 29.3. The minimum Gasteiger partial charge on any atom is -0.502 e. The van der Waals surface area contributed by atoms with Crippen LogP contribution in [-0.4, -0.2) is 74.4 Å². The van der Waals surface area contributed by atoms with E-state index in [2.05, 4.69) is 13.8 Å². The average Bonchev–Trinajstić information content (AvgIpc) is 3.01. The van der Waals surface area contributed by atoms with Gasteiger partial charge >= 0.3 is 5.97 Å². The number of unbranched alkanes of at least 4 members (excludes halogenated alkanes) is 10. The van der Waals surface area contributed by atoms with Crippen LogP contribution in [0.1, 0.15) is 124 Å². The van der Waals surface area contributed by atoms with Gasteiger partial charge in [0, 0.05) is 55.7 Å². The summed E-state index contributed by atoms with van der Waals surface area (Å²) in [6.45, 7) is 7.14. The summed E-state index contributed by atoms with van der Waals surface area (Å²) in [6.07, 6.45) is 22.5. The van der Waals surface area contributed by atoms with Gasteiger partial charge in [-0.05, 0) is 32.6 Å². The Morgan fingerprint density at radius 1 is 0.512 bits per heavy atom. The summed E-state index contributed by atoms with van der Waals surface area (Å²) >= 11 is 0. The monoisotopic (exact) mass is 592 g/mol. The number of rotatable bonds is 28. The zero-order valence-electron chi connectivity index (χ0n) is 28.6. The van der Waals surface area contributed by atoms with E-state index < -0.39 is 11.9 Å². The molecular weight excluding hydrogens is 524 g/mol. The highest BCUT2D eigenvalue weighted by Crippen LogP contribution is 2.32. The van der Waals surface area contributed by atoms with Gasteiger partial charge in [-0.1, -0.05) is 97.0 Å². The molecule has 0 N–H and O–H groups in total. The zero-order valence-corrected chi connectivity index (χ0v) is 28.6. The Morgan fingerprint density at radius 2 is 0.927 bits per heavy atom. The van der Waals surface area contributed by atoms with Gasteiger partial charge in [-0.2, -0.15) is 0 Å². The lowest BCUT2D eigenvalue weighted by Gasteiger charge is -2.36. The van der Waals surface area contributed by atoms with Crippen LogP contribution >= 0.6 is 0 Å². The number of methoxy groups -OCH3 is 7. The number of hydrogen-bond donors (Lipinski definition) is 0. The molecule has 0 saturated heterocycles. The molecule has 0 aromatic heterocycles. The molecule has 0 spiro atoms. The first-order chi connectivity index (χ1) is 19.9. The molecule has 0 fully saturated rings. The normalized spacial score (nSPS) is 13.7.